The van der Waals surface area contributed by atoms with Gasteiger partial charge in [-0.1, -0.05) is 41.9 Å². The zero-order chi connectivity index (χ0) is 52.0. The van der Waals surface area contributed by atoms with Crippen molar-refractivity contribution in [3.8, 4) is 22.4 Å². The van der Waals surface area contributed by atoms with Crippen molar-refractivity contribution in [1.82, 2.24) is 9.47 Å². The van der Waals surface area contributed by atoms with Gasteiger partial charge in [-0.2, -0.15) is 0 Å². The maximum absolute atomic E-state index is 15.8. The molecule has 18 heteroatoms. The Bertz CT molecular complexity index is 3110. The van der Waals surface area contributed by atoms with Crippen molar-refractivity contribution in [1.29, 1.82) is 0 Å². The van der Waals surface area contributed by atoms with Gasteiger partial charge < -0.3 is 35.1 Å². The topological polar surface area (TPSA) is 159 Å². The second kappa shape index (κ2) is 23.3. The van der Waals surface area contributed by atoms with E-state index in [2.05, 4.69) is 36.9 Å². The lowest BCUT2D eigenvalue weighted by atomic mass is 9.99. The highest BCUT2D eigenvalue weighted by molar-refractivity contribution is 7.99. The summed E-state index contributed by atoms with van der Waals surface area (Å²) in [6.07, 6.45) is 3.52. The molecule has 13 nitrogen and oxygen atoms in total. The van der Waals surface area contributed by atoms with Crippen molar-refractivity contribution >= 4 is 71.9 Å². The monoisotopic (exact) mass is 1070 g/mol. The summed E-state index contributed by atoms with van der Waals surface area (Å²) in [5, 5.41) is 4.27. The molecule has 2 saturated heterocycles. The van der Waals surface area contributed by atoms with Gasteiger partial charge in [0.05, 0.1) is 22.0 Å². The number of benzene rings is 5. The van der Waals surface area contributed by atoms with Crippen molar-refractivity contribution in [3.63, 3.8) is 0 Å². The smallest absolute Gasteiger partial charge is 0.319 e. The third kappa shape index (κ3) is 13.2. The molecule has 73 heavy (non-hydrogen) atoms. The molecule has 0 spiro atoms. The zero-order valence-corrected chi connectivity index (χ0v) is 45.2. The Morgan fingerprint density at radius 2 is 1.48 bits per heavy atom. The fourth-order valence-corrected chi connectivity index (χ4v) is 13.4. The summed E-state index contributed by atoms with van der Waals surface area (Å²) in [6.45, 7) is 12.5. The first kappa shape index (κ1) is 53.7. The molecule has 1 unspecified atom stereocenters. The third-order valence-electron chi connectivity index (χ3n) is 13.6. The van der Waals surface area contributed by atoms with Gasteiger partial charge in [0, 0.05) is 114 Å². The van der Waals surface area contributed by atoms with E-state index in [0.29, 0.717) is 65.1 Å². The number of esters is 1. The van der Waals surface area contributed by atoms with Crippen molar-refractivity contribution in [2.75, 3.05) is 84.2 Å². The number of nitrogens with zero attached hydrogens (tertiary/aromatic N) is 4. The fraction of sp³-hybridized carbons (Fsp3) is 0.364. The minimum absolute atomic E-state index is 0.0918. The lowest BCUT2D eigenvalue weighted by molar-refractivity contribution is -0.149. The maximum atomic E-state index is 15.8. The minimum Gasteiger partial charge on any atom is -0.461 e. The molecule has 2 aliphatic heterocycles. The molecule has 0 radical (unpaired) electrons. The normalized spacial score (nSPS) is 15.4. The van der Waals surface area contributed by atoms with Crippen molar-refractivity contribution < 1.29 is 30.8 Å². The van der Waals surface area contributed by atoms with Crippen LogP contribution in [0, 0.1) is 19.7 Å². The number of thioether (sulfide) groups is 1. The molecule has 8 rings (SSSR count). The number of carbonyl (C=O) groups is 1. The summed E-state index contributed by atoms with van der Waals surface area (Å²) in [6, 6.07) is 34.8. The summed E-state index contributed by atoms with van der Waals surface area (Å²) in [5.74, 6) is -0.0260. The van der Waals surface area contributed by atoms with E-state index in [1.807, 2.05) is 79.9 Å². The number of aromatic nitrogens is 1. The first-order chi connectivity index (χ1) is 34.9. The average Bonchev–Trinajstić information content (AvgIpc) is 3.70. The number of nitrogens with one attached hydrogen (secondary N) is 2. The molecule has 1 aromatic heterocycles. The number of aryl methyl sites for hydroxylation is 1. The van der Waals surface area contributed by atoms with Gasteiger partial charge >= 0.3 is 5.97 Å². The number of ether oxygens (including phenoxy) is 1. The van der Waals surface area contributed by atoms with Crippen LogP contribution in [0.15, 0.2) is 130 Å². The Morgan fingerprint density at radius 1 is 0.822 bits per heavy atom. The van der Waals surface area contributed by atoms with Crippen molar-refractivity contribution in [2.24, 2.45) is 5.73 Å². The largest absolute Gasteiger partial charge is 0.461 e. The first-order valence-corrected chi connectivity index (χ1v) is 29.4. The van der Waals surface area contributed by atoms with Crippen LogP contribution in [0.5, 0.6) is 0 Å². The van der Waals surface area contributed by atoms with Crippen LogP contribution in [-0.4, -0.2) is 109 Å². The highest BCUT2D eigenvalue weighted by Gasteiger charge is 2.31. The Balaban J connectivity index is 0.909. The van der Waals surface area contributed by atoms with Gasteiger partial charge in [0.1, 0.15) is 11.9 Å². The first-order valence-electron chi connectivity index (χ1n) is 24.7. The number of anilines is 4. The summed E-state index contributed by atoms with van der Waals surface area (Å²) >= 11 is 8.04. The molecule has 3 heterocycles. The number of likely N-dealkylation sites (tertiary alicyclic amines) is 1. The van der Waals surface area contributed by atoms with E-state index in [0.717, 1.165) is 67.2 Å². The quantitative estimate of drug-likeness (QED) is 0.0522. The SMILES string of the molecule is Cc1cc(S(=O)(=O)Nc2ccc(N3CCN(c4cc(F)cc(-c5c(S(C)(=O)=O)c(C)n(C(C)C)c5-c5ccc(Cl)cc5)c4)CC3)cc2)ccc1NC(CCN1CCC(OC(=O)CN)CC1)CSc1ccccc1. The molecule has 0 aliphatic carbocycles. The number of nitrogens with two attached hydrogens (primary N) is 1. The number of rotatable bonds is 19. The number of piperidine rings is 1. The lowest BCUT2D eigenvalue weighted by Gasteiger charge is -2.37. The third-order valence-corrected chi connectivity index (χ3v) is 17.6. The molecule has 0 saturated carbocycles. The molecule has 2 fully saturated rings. The van der Waals surface area contributed by atoms with E-state index in [9.17, 15) is 21.6 Å². The highest BCUT2D eigenvalue weighted by atomic mass is 35.5. The van der Waals surface area contributed by atoms with Crippen LogP contribution >= 0.6 is 23.4 Å². The number of hydrogen-bond donors (Lipinski definition) is 3. The van der Waals surface area contributed by atoms with Gasteiger partial charge in [-0.15, -0.1) is 11.8 Å². The van der Waals surface area contributed by atoms with E-state index in [-0.39, 0.29) is 40.5 Å². The van der Waals surface area contributed by atoms with Crippen LogP contribution in [-0.2, 0) is 29.4 Å². The number of sulfone groups is 1. The lowest BCUT2D eigenvalue weighted by Crippen LogP contribution is -2.46. The second-order valence-corrected chi connectivity index (χ2v) is 24.3. The molecule has 2 aliphatic rings. The summed E-state index contributed by atoms with van der Waals surface area (Å²) in [5.41, 5.74) is 12.1. The molecule has 4 N–H and O–H groups in total. The molecular weight excluding hydrogens is 1010 g/mol. The van der Waals surface area contributed by atoms with Gasteiger partial charge in [0.25, 0.3) is 10.0 Å². The van der Waals surface area contributed by atoms with Crippen LogP contribution in [0.3, 0.4) is 0 Å². The Labute approximate surface area is 439 Å². The standard InChI is InChI=1S/C55H65ClFN7O6S3/c1-37(2)64-39(4)55(72(5,66)67)53(54(64)40-11-13-42(56)14-12-40)41-32-43(57)34-47(33-41)63-29-27-62(28-30-63)46-17-15-44(16-18-46)60-73(68,69)50-19-20-51(38(3)31-50)59-45(36-71-49-9-7-6-8-10-49)21-24-61-25-22-48(23-26-61)70-52(65)35-58/h6-20,31-34,37,45,48,59-60H,21-30,35-36,58H2,1-5H3. The van der Waals surface area contributed by atoms with E-state index in [1.54, 1.807) is 55.1 Å². The number of carbonyl (C=O) groups excluding carboxylic acids is 1. The molecule has 0 amide bonds. The predicted molar refractivity (Wildman–Crippen MR) is 295 cm³/mol. The molecule has 1 atom stereocenters. The summed E-state index contributed by atoms with van der Waals surface area (Å²) < 4.78 is 80.6. The Hall–Kier alpha value is -5.56. The van der Waals surface area contributed by atoms with E-state index in [1.165, 1.54) is 23.3 Å². The van der Waals surface area contributed by atoms with E-state index >= 15 is 4.39 Å². The molecule has 0 bridgehead atoms. The van der Waals surface area contributed by atoms with Crippen LogP contribution in [0.25, 0.3) is 22.4 Å². The van der Waals surface area contributed by atoms with Crippen LogP contribution in [0.4, 0.5) is 27.1 Å². The van der Waals surface area contributed by atoms with E-state index < -0.39 is 25.7 Å². The molecule has 388 valence electrons. The van der Waals surface area contributed by atoms with Gasteiger partial charge in [0.2, 0.25) is 0 Å². The summed E-state index contributed by atoms with van der Waals surface area (Å²) in [7, 11) is -7.67. The van der Waals surface area contributed by atoms with Crippen LogP contribution in [0.1, 0.15) is 50.4 Å². The zero-order valence-electron chi connectivity index (χ0n) is 42.0. The Morgan fingerprint density at radius 3 is 2.10 bits per heavy atom. The maximum Gasteiger partial charge on any atom is 0.319 e. The average molecular weight is 1070 g/mol. The van der Waals surface area contributed by atoms with Gasteiger partial charge in [-0.05, 0) is 149 Å². The number of piperazine rings is 1. The van der Waals surface area contributed by atoms with Crippen LogP contribution < -0.4 is 25.6 Å². The second-order valence-electron chi connectivity index (χ2n) is 19.2. The Kier molecular flexibility index (Phi) is 17.2. The molecule has 6 aromatic rings. The molecular formula is C55H65ClFN7O6S3. The predicted octanol–water partition coefficient (Wildman–Crippen LogP) is 10.3. The van der Waals surface area contributed by atoms with Crippen molar-refractivity contribution in [3.05, 3.63) is 137 Å². The molecule has 5 aromatic carbocycles. The fourth-order valence-electron chi connectivity index (χ4n) is 9.94. The van der Waals surface area contributed by atoms with Gasteiger partial charge in [-0.25, -0.2) is 21.2 Å². The summed E-state index contributed by atoms with van der Waals surface area (Å²) in [4.78, 5) is 19.9. The number of sulfonamides is 1. The highest BCUT2D eigenvalue weighted by Crippen LogP contribution is 2.45. The number of hydrogen-bond acceptors (Lipinski definition) is 12. The van der Waals surface area contributed by atoms with Gasteiger partial charge in [0.15, 0.2) is 9.84 Å². The number of halogens is 2. The van der Waals surface area contributed by atoms with Crippen LogP contribution in [0.2, 0.25) is 5.02 Å². The van der Waals surface area contributed by atoms with Gasteiger partial charge in [-0.3, -0.25) is 9.52 Å². The van der Waals surface area contributed by atoms with E-state index in [4.69, 9.17) is 22.1 Å². The van der Waals surface area contributed by atoms with Crippen molar-refractivity contribution in [2.45, 2.75) is 79.8 Å². The minimum atomic E-state index is -3.92.